The van der Waals surface area contributed by atoms with Crippen molar-refractivity contribution in [2.75, 3.05) is 0 Å². The van der Waals surface area contributed by atoms with Gasteiger partial charge in [0.1, 0.15) is 11.3 Å². The van der Waals surface area contributed by atoms with Crippen LogP contribution in [0.5, 0.6) is 0 Å². The smallest absolute Gasteiger partial charge is 0.160 e. The molecule has 212 valence electrons. The first kappa shape index (κ1) is 26.4. The third kappa shape index (κ3) is 4.91. The van der Waals surface area contributed by atoms with Crippen LogP contribution in [0.1, 0.15) is 48.6 Å². The summed E-state index contributed by atoms with van der Waals surface area (Å²) in [6.07, 6.45) is 5.87. The van der Waals surface area contributed by atoms with Crippen LogP contribution in [0.3, 0.4) is 0 Å². The molecule has 1 aliphatic carbocycles. The fourth-order valence-corrected chi connectivity index (χ4v) is 6.50. The number of benzene rings is 5. The van der Waals surface area contributed by atoms with Crippen molar-refractivity contribution >= 4 is 45.1 Å². The average molecular weight is 569 g/mol. The number of rotatable bonds is 4. The zero-order valence-electron chi connectivity index (χ0n) is 24.8. The molecule has 3 heteroatoms. The Hall–Kier alpha value is -5.28. The van der Waals surface area contributed by atoms with Crippen molar-refractivity contribution in [3.05, 3.63) is 155 Å². The number of aryl methyl sites for hydroxylation is 1. The van der Waals surface area contributed by atoms with Crippen LogP contribution < -0.4 is 0 Å². The molecule has 0 saturated carbocycles. The second-order valence-electron chi connectivity index (χ2n) is 11.7. The Bertz CT molecular complexity index is 2160. The Kier molecular flexibility index (Phi) is 6.64. The second kappa shape index (κ2) is 11.1. The van der Waals surface area contributed by atoms with Crippen LogP contribution >= 0.6 is 0 Å². The van der Waals surface area contributed by atoms with Crippen LogP contribution in [0.4, 0.5) is 0 Å². The summed E-state index contributed by atoms with van der Waals surface area (Å²) in [5.41, 5.74) is 11.4. The summed E-state index contributed by atoms with van der Waals surface area (Å²) in [6, 6.07) is 42.6. The lowest BCUT2D eigenvalue weighted by molar-refractivity contribution is 0.594. The van der Waals surface area contributed by atoms with Gasteiger partial charge >= 0.3 is 0 Å². The Morgan fingerprint density at radius 1 is 0.568 bits per heavy atom. The third-order valence-corrected chi connectivity index (χ3v) is 8.91. The lowest BCUT2D eigenvalue weighted by atomic mass is 9.89. The first-order chi connectivity index (χ1) is 21.7. The summed E-state index contributed by atoms with van der Waals surface area (Å²) in [5, 5.41) is 3.70. The summed E-state index contributed by atoms with van der Waals surface area (Å²) in [7, 11) is 0. The van der Waals surface area contributed by atoms with E-state index in [0.717, 1.165) is 65.4 Å². The van der Waals surface area contributed by atoms with Gasteiger partial charge in [-0.3, -0.25) is 0 Å². The van der Waals surface area contributed by atoms with Gasteiger partial charge in [0, 0.05) is 27.8 Å². The number of hydrogen-bond acceptors (Lipinski definition) is 3. The van der Waals surface area contributed by atoms with E-state index in [1.165, 1.54) is 44.0 Å². The molecule has 0 atom stereocenters. The molecule has 2 heterocycles. The minimum absolute atomic E-state index is 0.759. The van der Waals surface area contributed by atoms with E-state index in [1.54, 1.807) is 0 Å². The molecule has 0 unspecified atom stereocenters. The fourth-order valence-electron chi connectivity index (χ4n) is 6.50. The van der Waals surface area contributed by atoms with Gasteiger partial charge in [-0.05, 0) is 83.9 Å². The number of fused-ring (bicyclic) bond motifs is 4. The van der Waals surface area contributed by atoms with Crippen molar-refractivity contribution in [3.8, 4) is 11.1 Å². The van der Waals surface area contributed by atoms with Gasteiger partial charge in [0.05, 0.1) is 5.70 Å². The fraction of sp³-hybridized carbons (Fsp3) is 0.122. The Morgan fingerprint density at radius 3 is 2.09 bits per heavy atom. The average Bonchev–Trinajstić information content (AvgIpc) is 3.44. The van der Waals surface area contributed by atoms with Crippen molar-refractivity contribution in [3.63, 3.8) is 0 Å². The van der Waals surface area contributed by atoms with E-state index in [4.69, 9.17) is 14.4 Å². The van der Waals surface area contributed by atoms with Crippen molar-refractivity contribution in [2.24, 2.45) is 9.98 Å². The molecule has 1 aromatic heterocycles. The van der Waals surface area contributed by atoms with Gasteiger partial charge in [-0.2, -0.15) is 0 Å². The van der Waals surface area contributed by atoms with Gasteiger partial charge in [0.2, 0.25) is 0 Å². The molecule has 0 saturated heterocycles. The van der Waals surface area contributed by atoms with E-state index in [9.17, 15) is 0 Å². The normalized spacial score (nSPS) is 19.3. The van der Waals surface area contributed by atoms with E-state index in [-0.39, 0.29) is 0 Å². The zero-order chi connectivity index (χ0) is 29.5. The molecule has 8 rings (SSSR count). The summed E-state index contributed by atoms with van der Waals surface area (Å²) in [4.78, 5) is 10.5. The zero-order valence-corrected chi connectivity index (χ0v) is 24.8. The number of allylic oxidation sites excluding steroid dienone is 2. The Balaban J connectivity index is 1.18. The lowest BCUT2D eigenvalue weighted by Crippen LogP contribution is -2.13. The topological polar surface area (TPSA) is 37.9 Å². The summed E-state index contributed by atoms with van der Waals surface area (Å²) < 4.78 is 6.55. The highest BCUT2D eigenvalue weighted by molar-refractivity contribution is 6.15. The van der Waals surface area contributed by atoms with Gasteiger partial charge in [-0.15, -0.1) is 0 Å². The molecule has 6 aromatic rings. The SMILES string of the molecule is C\C1=C(c2ccccc2)/N=C(c2ccccc2)\N=C(\C2=Cc3oc4cc(-c5ccc6ccccc6c5)ccc4c3CC2)CC1. The van der Waals surface area contributed by atoms with Gasteiger partial charge in [0.25, 0.3) is 0 Å². The van der Waals surface area contributed by atoms with Crippen molar-refractivity contribution < 1.29 is 4.42 Å². The highest BCUT2D eigenvalue weighted by Gasteiger charge is 2.23. The molecule has 0 fully saturated rings. The van der Waals surface area contributed by atoms with Gasteiger partial charge in [-0.25, -0.2) is 9.98 Å². The van der Waals surface area contributed by atoms with Gasteiger partial charge < -0.3 is 4.42 Å². The number of nitrogens with zero attached hydrogens (tertiary/aromatic N) is 2. The Morgan fingerprint density at radius 2 is 1.27 bits per heavy atom. The molecule has 0 N–H and O–H groups in total. The molecule has 0 spiro atoms. The summed E-state index contributed by atoms with van der Waals surface area (Å²) >= 11 is 0. The van der Waals surface area contributed by atoms with Crippen molar-refractivity contribution in [1.29, 1.82) is 0 Å². The van der Waals surface area contributed by atoms with Crippen LogP contribution in [0, 0.1) is 0 Å². The molecule has 1 aliphatic heterocycles. The van der Waals surface area contributed by atoms with E-state index < -0.39 is 0 Å². The van der Waals surface area contributed by atoms with Crippen LogP contribution in [-0.2, 0) is 6.42 Å². The molecule has 0 bridgehead atoms. The molecule has 2 aliphatic rings. The highest BCUT2D eigenvalue weighted by atomic mass is 16.3. The Labute approximate surface area is 257 Å². The highest BCUT2D eigenvalue weighted by Crippen LogP contribution is 2.37. The maximum atomic E-state index is 6.55. The number of amidine groups is 1. The maximum absolute atomic E-state index is 6.55. The van der Waals surface area contributed by atoms with E-state index >= 15 is 0 Å². The first-order valence-corrected chi connectivity index (χ1v) is 15.4. The van der Waals surface area contributed by atoms with Crippen LogP contribution in [0.2, 0.25) is 0 Å². The number of hydrogen-bond donors (Lipinski definition) is 0. The lowest BCUT2D eigenvalue weighted by Gasteiger charge is -2.19. The predicted molar refractivity (Wildman–Crippen MR) is 184 cm³/mol. The van der Waals surface area contributed by atoms with Crippen LogP contribution in [-0.4, -0.2) is 11.5 Å². The largest absolute Gasteiger partial charge is 0.456 e. The second-order valence-corrected chi connectivity index (χ2v) is 11.7. The van der Waals surface area contributed by atoms with E-state index in [2.05, 4.69) is 122 Å². The monoisotopic (exact) mass is 568 g/mol. The van der Waals surface area contributed by atoms with Gasteiger partial charge in [-0.1, -0.05) is 109 Å². The molecule has 44 heavy (non-hydrogen) atoms. The first-order valence-electron chi connectivity index (χ1n) is 15.4. The molecular formula is C41H32N2O. The summed E-state index contributed by atoms with van der Waals surface area (Å²) in [6.45, 7) is 2.21. The summed E-state index contributed by atoms with van der Waals surface area (Å²) in [5.74, 6) is 1.71. The van der Waals surface area contributed by atoms with Crippen LogP contribution in [0.25, 0.3) is 44.6 Å². The minimum atomic E-state index is 0.759. The quantitative estimate of drug-likeness (QED) is 0.208. The maximum Gasteiger partial charge on any atom is 0.160 e. The van der Waals surface area contributed by atoms with Crippen molar-refractivity contribution in [2.45, 2.75) is 32.6 Å². The molecule has 5 aromatic carbocycles. The predicted octanol–water partition coefficient (Wildman–Crippen LogP) is 10.7. The van der Waals surface area contributed by atoms with Crippen LogP contribution in [0.15, 0.2) is 147 Å². The van der Waals surface area contributed by atoms with E-state index in [0.29, 0.717) is 0 Å². The number of aliphatic imine (C=N–C) groups is 2. The minimum Gasteiger partial charge on any atom is -0.456 e. The standard InChI is InChI=1S/C41H32N2O/c1-27-16-23-37(42-41(30-13-6-3-7-14-30)43-40(27)29-11-4-2-5-12-29)34-20-22-36-35-21-19-33(25-38(35)44-39(36)26-34)32-18-17-28-10-8-9-15-31(28)24-32/h2-15,17-19,21,24-26H,16,20,22-23H2,1H3/b40-27+,42-37+,43-41-. The van der Waals surface area contributed by atoms with Crippen molar-refractivity contribution in [1.82, 2.24) is 0 Å². The van der Waals surface area contributed by atoms with Gasteiger partial charge in [0.15, 0.2) is 5.84 Å². The number of furan rings is 1. The molecule has 3 nitrogen and oxygen atoms in total. The van der Waals surface area contributed by atoms with E-state index in [1.807, 2.05) is 12.1 Å². The molecular weight excluding hydrogens is 536 g/mol. The molecule has 0 radical (unpaired) electrons. The molecule has 0 amide bonds. The third-order valence-electron chi connectivity index (χ3n) is 8.91.